The second-order valence-electron chi connectivity index (χ2n) is 4.65. The highest BCUT2D eigenvalue weighted by Gasteiger charge is 2.30. The van der Waals surface area contributed by atoms with Crippen LogP contribution in [0.15, 0.2) is 29.2 Å². The molecule has 4 nitrogen and oxygen atoms in total. The van der Waals surface area contributed by atoms with Crippen molar-refractivity contribution in [2.75, 3.05) is 25.4 Å². The van der Waals surface area contributed by atoms with E-state index >= 15 is 0 Å². The average Bonchev–Trinajstić information content (AvgIpc) is 2.42. The van der Waals surface area contributed by atoms with Gasteiger partial charge in [-0.25, -0.2) is 8.42 Å². The fourth-order valence-corrected chi connectivity index (χ4v) is 3.09. The van der Waals surface area contributed by atoms with E-state index < -0.39 is 22.6 Å². The van der Waals surface area contributed by atoms with Crippen LogP contribution < -0.4 is 5.73 Å². The lowest BCUT2D eigenvalue weighted by Crippen LogP contribution is -2.37. The van der Waals surface area contributed by atoms with E-state index in [1.54, 1.807) is 19.1 Å². The van der Waals surface area contributed by atoms with Crippen molar-refractivity contribution >= 4 is 9.84 Å². The monoisotopic (exact) mass is 324 g/mol. The first-order valence-electron chi connectivity index (χ1n) is 6.49. The van der Waals surface area contributed by atoms with Gasteiger partial charge in [0.1, 0.15) is 0 Å². The molecule has 0 amide bonds. The Bertz CT molecular complexity index is 542. The second-order valence-corrected chi connectivity index (χ2v) is 6.76. The Morgan fingerprint density at radius 1 is 1.19 bits per heavy atom. The molecule has 0 aliphatic rings. The molecule has 0 aromatic heterocycles. The molecule has 0 saturated heterocycles. The normalized spacial score (nSPS) is 12.9. The van der Waals surface area contributed by atoms with E-state index in [-0.39, 0.29) is 23.7 Å². The van der Waals surface area contributed by atoms with Crippen LogP contribution in [-0.2, 0) is 16.4 Å². The highest BCUT2D eigenvalue weighted by atomic mass is 32.2. The summed E-state index contributed by atoms with van der Waals surface area (Å²) < 4.78 is 61.1. The van der Waals surface area contributed by atoms with Gasteiger partial charge in [0, 0.05) is 13.1 Å². The third-order valence-corrected chi connectivity index (χ3v) is 4.75. The van der Waals surface area contributed by atoms with E-state index in [4.69, 9.17) is 5.73 Å². The molecule has 1 rings (SSSR count). The van der Waals surface area contributed by atoms with E-state index in [0.29, 0.717) is 6.54 Å². The fraction of sp³-hybridized carbons (Fsp3) is 0.538. The van der Waals surface area contributed by atoms with Crippen LogP contribution in [0.5, 0.6) is 0 Å². The number of alkyl halides is 3. The van der Waals surface area contributed by atoms with Gasteiger partial charge in [0.05, 0.1) is 17.2 Å². The van der Waals surface area contributed by atoms with E-state index in [9.17, 15) is 21.6 Å². The lowest BCUT2D eigenvalue weighted by molar-refractivity contribution is -0.144. The standard InChI is InChI=1S/C13H19F3N2O2S/c1-2-18(10-13(14,15)16)7-8-21(19,20)12-5-3-11(9-17)4-6-12/h3-6H,2,7-10,17H2,1H3. The predicted molar refractivity (Wildman–Crippen MR) is 74.6 cm³/mol. The molecule has 120 valence electrons. The Morgan fingerprint density at radius 3 is 2.19 bits per heavy atom. The number of nitrogens with zero attached hydrogens (tertiary/aromatic N) is 1. The van der Waals surface area contributed by atoms with Gasteiger partial charge in [-0.3, -0.25) is 4.90 Å². The summed E-state index contributed by atoms with van der Waals surface area (Å²) in [7, 11) is -3.60. The molecule has 0 aliphatic carbocycles. The minimum absolute atomic E-state index is 0.0998. The molecule has 0 fully saturated rings. The molecular formula is C13H19F3N2O2S. The van der Waals surface area contributed by atoms with Gasteiger partial charge in [-0.1, -0.05) is 19.1 Å². The van der Waals surface area contributed by atoms with Crippen molar-refractivity contribution in [1.29, 1.82) is 0 Å². The summed E-state index contributed by atoms with van der Waals surface area (Å²) in [5.41, 5.74) is 6.21. The smallest absolute Gasteiger partial charge is 0.326 e. The van der Waals surface area contributed by atoms with Crippen LogP contribution in [0, 0.1) is 0 Å². The summed E-state index contributed by atoms with van der Waals surface area (Å²) in [6.07, 6.45) is -4.33. The fourth-order valence-electron chi connectivity index (χ4n) is 1.80. The molecule has 8 heteroatoms. The molecule has 1 aromatic rings. The Morgan fingerprint density at radius 2 is 1.76 bits per heavy atom. The van der Waals surface area contributed by atoms with Crippen LogP contribution in [0.3, 0.4) is 0 Å². The number of benzene rings is 1. The van der Waals surface area contributed by atoms with Crippen LogP contribution in [0.1, 0.15) is 12.5 Å². The zero-order valence-corrected chi connectivity index (χ0v) is 12.5. The molecule has 0 unspecified atom stereocenters. The van der Waals surface area contributed by atoms with Crippen LogP contribution in [-0.4, -0.2) is 44.9 Å². The highest BCUT2D eigenvalue weighted by Crippen LogP contribution is 2.17. The molecule has 0 spiro atoms. The molecule has 0 saturated carbocycles. The highest BCUT2D eigenvalue weighted by molar-refractivity contribution is 7.91. The van der Waals surface area contributed by atoms with Gasteiger partial charge < -0.3 is 5.73 Å². The Balaban J connectivity index is 2.71. The average molecular weight is 324 g/mol. The van der Waals surface area contributed by atoms with Crippen LogP contribution in [0.25, 0.3) is 0 Å². The molecule has 0 aliphatic heterocycles. The van der Waals surface area contributed by atoms with Crippen molar-refractivity contribution in [3.63, 3.8) is 0 Å². The number of rotatable bonds is 7. The minimum atomic E-state index is -4.33. The van der Waals surface area contributed by atoms with E-state index in [1.807, 2.05) is 0 Å². The van der Waals surface area contributed by atoms with Gasteiger partial charge in [-0.2, -0.15) is 13.2 Å². The van der Waals surface area contributed by atoms with Crippen molar-refractivity contribution in [2.24, 2.45) is 5.73 Å². The number of halogens is 3. The molecule has 0 heterocycles. The summed E-state index contributed by atoms with van der Waals surface area (Å²) >= 11 is 0. The number of nitrogens with two attached hydrogens (primary N) is 1. The molecule has 0 radical (unpaired) electrons. The van der Waals surface area contributed by atoms with E-state index in [2.05, 4.69) is 0 Å². The van der Waals surface area contributed by atoms with Crippen LogP contribution in [0.4, 0.5) is 13.2 Å². The maximum atomic E-state index is 12.3. The van der Waals surface area contributed by atoms with E-state index in [0.717, 1.165) is 10.5 Å². The topological polar surface area (TPSA) is 63.4 Å². The van der Waals surface area contributed by atoms with Gasteiger partial charge in [-0.05, 0) is 24.2 Å². The summed E-state index contributed by atoms with van der Waals surface area (Å²) in [5, 5.41) is 0. The maximum Gasteiger partial charge on any atom is 0.401 e. The summed E-state index contributed by atoms with van der Waals surface area (Å²) in [6, 6.07) is 6.05. The summed E-state index contributed by atoms with van der Waals surface area (Å²) in [5.74, 6) is -0.348. The zero-order valence-electron chi connectivity index (χ0n) is 11.7. The second kappa shape index (κ2) is 7.24. The molecular weight excluding hydrogens is 305 g/mol. The summed E-state index contributed by atoms with van der Waals surface area (Å²) in [4.78, 5) is 1.16. The third-order valence-electron chi connectivity index (χ3n) is 3.04. The van der Waals surface area contributed by atoms with Crippen molar-refractivity contribution in [3.8, 4) is 0 Å². The quantitative estimate of drug-likeness (QED) is 0.831. The SMILES string of the molecule is CCN(CCS(=O)(=O)c1ccc(CN)cc1)CC(F)(F)F. The zero-order chi connectivity index (χ0) is 16.1. The molecule has 0 bridgehead atoms. The van der Waals surface area contributed by atoms with Gasteiger partial charge in [0.25, 0.3) is 0 Å². The van der Waals surface area contributed by atoms with Crippen molar-refractivity contribution in [1.82, 2.24) is 4.90 Å². The predicted octanol–water partition coefficient (Wildman–Crippen LogP) is 1.80. The lowest BCUT2D eigenvalue weighted by atomic mass is 10.2. The van der Waals surface area contributed by atoms with Gasteiger partial charge in [0.2, 0.25) is 0 Å². The van der Waals surface area contributed by atoms with Crippen LogP contribution in [0.2, 0.25) is 0 Å². The molecule has 1 aromatic carbocycles. The molecule has 21 heavy (non-hydrogen) atoms. The van der Waals surface area contributed by atoms with Crippen LogP contribution >= 0.6 is 0 Å². The van der Waals surface area contributed by atoms with Crippen molar-refractivity contribution < 1.29 is 21.6 Å². The first-order chi connectivity index (χ1) is 9.68. The lowest BCUT2D eigenvalue weighted by Gasteiger charge is -2.21. The van der Waals surface area contributed by atoms with E-state index in [1.165, 1.54) is 12.1 Å². The Kier molecular flexibility index (Phi) is 6.18. The van der Waals surface area contributed by atoms with Gasteiger partial charge in [0.15, 0.2) is 9.84 Å². The van der Waals surface area contributed by atoms with Gasteiger partial charge in [-0.15, -0.1) is 0 Å². The molecule has 2 N–H and O–H groups in total. The Hall–Kier alpha value is -1.12. The number of hydrogen-bond donors (Lipinski definition) is 1. The largest absolute Gasteiger partial charge is 0.401 e. The first kappa shape index (κ1) is 17.9. The summed E-state index contributed by atoms with van der Waals surface area (Å²) in [6.45, 7) is 0.743. The van der Waals surface area contributed by atoms with Crippen molar-refractivity contribution in [3.05, 3.63) is 29.8 Å². The van der Waals surface area contributed by atoms with Gasteiger partial charge >= 0.3 is 6.18 Å². The first-order valence-corrected chi connectivity index (χ1v) is 8.14. The number of hydrogen-bond acceptors (Lipinski definition) is 4. The third kappa shape index (κ3) is 6.03. The maximum absolute atomic E-state index is 12.3. The minimum Gasteiger partial charge on any atom is -0.326 e. The van der Waals surface area contributed by atoms with Crippen molar-refractivity contribution in [2.45, 2.75) is 24.5 Å². The molecule has 0 atom stereocenters. The Labute approximate surface area is 122 Å². The number of sulfone groups is 1.